The van der Waals surface area contributed by atoms with E-state index in [-0.39, 0.29) is 29.4 Å². The van der Waals surface area contributed by atoms with Crippen molar-refractivity contribution in [2.24, 2.45) is 10.9 Å². The van der Waals surface area contributed by atoms with Crippen molar-refractivity contribution in [3.05, 3.63) is 74.8 Å². The third-order valence-electron chi connectivity index (χ3n) is 8.12. The van der Waals surface area contributed by atoms with E-state index in [2.05, 4.69) is 26.6 Å². The highest BCUT2D eigenvalue weighted by Crippen LogP contribution is 2.46. The van der Waals surface area contributed by atoms with Crippen LogP contribution in [0.5, 0.6) is 0 Å². The van der Waals surface area contributed by atoms with Crippen molar-refractivity contribution in [1.82, 2.24) is 29.3 Å². The van der Waals surface area contributed by atoms with Crippen LogP contribution in [0.2, 0.25) is 5.02 Å². The van der Waals surface area contributed by atoms with E-state index >= 15 is 0 Å². The third kappa shape index (κ3) is 6.53. The molecule has 2 atom stereocenters. The Morgan fingerprint density at radius 2 is 2.00 bits per heavy atom. The molecular weight excluding hydrogens is 623 g/mol. The molecule has 0 bridgehead atoms. The molecule has 0 radical (unpaired) electrons. The number of sulfonamides is 1. The highest BCUT2D eigenvalue weighted by atomic mass is 35.5. The fourth-order valence-electron chi connectivity index (χ4n) is 5.88. The van der Waals surface area contributed by atoms with Crippen LogP contribution in [0.1, 0.15) is 55.0 Å². The molecule has 230 valence electrons. The first kappa shape index (κ1) is 30.3. The number of amidine groups is 1. The zero-order valence-electron chi connectivity index (χ0n) is 23.3. The van der Waals surface area contributed by atoms with Gasteiger partial charge in [-0.25, -0.2) is 27.2 Å². The lowest BCUT2D eigenvalue weighted by molar-refractivity contribution is 0.0564. The van der Waals surface area contributed by atoms with Gasteiger partial charge in [-0.1, -0.05) is 24.6 Å². The van der Waals surface area contributed by atoms with Gasteiger partial charge in [0.1, 0.15) is 11.9 Å². The predicted molar refractivity (Wildman–Crippen MR) is 160 cm³/mol. The number of rotatable bonds is 9. The van der Waals surface area contributed by atoms with Gasteiger partial charge >= 0.3 is 6.55 Å². The van der Waals surface area contributed by atoms with E-state index < -0.39 is 34.5 Å². The summed E-state index contributed by atoms with van der Waals surface area (Å²) < 4.78 is 71.1. The van der Waals surface area contributed by atoms with Crippen LogP contribution >= 0.6 is 22.9 Å². The standard InChI is InChI=1S/C28H31ClF3N7O2S2/c1-17-4-8-37(9-5-17)11-13-43(40,41)36-19-15-23-24(22-6-10-39(35-22)28(31)32)25(20-3-2-18(30)14-21(20)29)34-26(38(23)16-19)27-33-7-12-42-27/h2-3,6-7,10,12,14,17,19,25,28,36H,4-5,8-9,11,13,15-16H2,1H3/t19-,25-/m0/s1. The van der Waals surface area contributed by atoms with Crippen molar-refractivity contribution in [1.29, 1.82) is 0 Å². The smallest absolute Gasteiger partial charge is 0.326 e. The maximum atomic E-state index is 14.0. The van der Waals surface area contributed by atoms with E-state index in [1.54, 1.807) is 11.6 Å². The molecule has 2 fully saturated rings. The highest BCUT2D eigenvalue weighted by molar-refractivity contribution is 7.89. The molecule has 6 rings (SSSR count). The van der Waals surface area contributed by atoms with Gasteiger partial charge in [0.25, 0.3) is 0 Å². The average Bonchev–Trinajstić information content (AvgIpc) is 3.73. The second kappa shape index (κ2) is 12.3. The maximum Gasteiger partial charge on any atom is 0.333 e. The first-order chi connectivity index (χ1) is 20.6. The van der Waals surface area contributed by atoms with E-state index in [9.17, 15) is 21.6 Å². The number of hydrogen-bond acceptors (Lipinski definition) is 8. The molecule has 15 heteroatoms. The number of aliphatic imine (C=N–C) groups is 1. The number of hydrogen-bond donors (Lipinski definition) is 1. The lowest BCUT2D eigenvalue weighted by atomic mass is 9.92. The number of piperidine rings is 1. The van der Waals surface area contributed by atoms with Crippen LogP contribution in [0.15, 0.2) is 52.7 Å². The molecule has 43 heavy (non-hydrogen) atoms. The lowest BCUT2D eigenvalue weighted by Gasteiger charge is -2.32. The predicted octanol–water partition coefficient (Wildman–Crippen LogP) is 5.17. The van der Waals surface area contributed by atoms with E-state index in [1.807, 2.05) is 4.90 Å². The Hall–Kier alpha value is -2.78. The number of nitrogens with one attached hydrogen (secondary N) is 1. The molecule has 9 nitrogen and oxygen atoms in total. The van der Waals surface area contributed by atoms with Crippen molar-refractivity contribution < 1.29 is 21.6 Å². The van der Waals surface area contributed by atoms with Gasteiger partial charge < -0.3 is 9.80 Å². The van der Waals surface area contributed by atoms with Gasteiger partial charge in [-0.2, -0.15) is 13.9 Å². The lowest BCUT2D eigenvalue weighted by Crippen LogP contribution is -2.43. The summed E-state index contributed by atoms with van der Waals surface area (Å²) in [5.74, 6) is 0.597. The first-order valence-electron chi connectivity index (χ1n) is 14.1. The van der Waals surface area contributed by atoms with Crippen LogP contribution in [0, 0.1) is 11.7 Å². The summed E-state index contributed by atoms with van der Waals surface area (Å²) in [5.41, 5.74) is 1.88. The molecule has 2 saturated heterocycles. The van der Waals surface area contributed by atoms with Crippen LogP contribution in [-0.2, 0) is 10.0 Å². The zero-order valence-corrected chi connectivity index (χ0v) is 25.7. The van der Waals surface area contributed by atoms with E-state index in [0.29, 0.717) is 44.8 Å². The van der Waals surface area contributed by atoms with Crippen molar-refractivity contribution in [3.63, 3.8) is 0 Å². The summed E-state index contributed by atoms with van der Waals surface area (Å²) in [4.78, 5) is 13.5. The average molecular weight is 654 g/mol. The minimum atomic E-state index is -3.63. The first-order valence-corrected chi connectivity index (χ1v) is 17.0. The molecule has 0 unspecified atom stereocenters. The molecule has 3 aromatic rings. The number of aromatic nitrogens is 3. The minimum absolute atomic E-state index is 0.0240. The Balaban J connectivity index is 1.36. The molecule has 1 aromatic carbocycles. The van der Waals surface area contributed by atoms with Gasteiger partial charge in [0, 0.05) is 65.2 Å². The molecule has 3 aliphatic heterocycles. The van der Waals surface area contributed by atoms with Gasteiger partial charge in [-0.15, -0.1) is 11.3 Å². The topological polar surface area (TPSA) is 95.7 Å². The third-order valence-corrected chi connectivity index (χ3v) is 10.6. The Labute approximate surface area is 257 Å². The van der Waals surface area contributed by atoms with Crippen LogP contribution in [0.3, 0.4) is 0 Å². The number of halogens is 4. The van der Waals surface area contributed by atoms with Crippen LogP contribution in [0.25, 0.3) is 5.57 Å². The van der Waals surface area contributed by atoms with Crippen LogP contribution < -0.4 is 4.72 Å². The quantitative estimate of drug-likeness (QED) is 0.343. The van der Waals surface area contributed by atoms with Gasteiger partial charge in [-0.3, -0.25) is 4.99 Å². The summed E-state index contributed by atoms with van der Waals surface area (Å²) in [6.45, 7) is 1.84. The van der Waals surface area contributed by atoms with Gasteiger partial charge in [-0.05, 0) is 50.0 Å². The van der Waals surface area contributed by atoms with Gasteiger partial charge in [0.2, 0.25) is 10.0 Å². The largest absolute Gasteiger partial charge is 0.333 e. The monoisotopic (exact) mass is 653 g/mol. The van der Waals surface area contributed by atoms with E-state index in [4.69, 9.17) is 16.6 Å². The van der Waals surface area contributed by atoms with Crippen LogP contribution in [0.4, 0.5) is 13.2 Å². The summed E-state index contributed by atoms with van der Waals surface area (Å²) in [5, 5.41) is 6.65. The molecule has 0 aliphatic carbocycles. The Bertz CT molecular complexity index is 1640. The molecular formula is C28H31ClF3N7O2S2. The van der Waals surface area contributed by atoms with Gasteiger partial charge in [0.05, 0.1) is 11.4 Å². The van der Waals surface area contributed by atoms with Crippen LogP contribution in [-0.4, -0.2) is 76.8 Å². The minimum Gasteiger partial charge on any atom is -0.326 e. The number of likely N-dealkylation sites (tertiary alicyclic amines) is 1. The number of alkyl halides is 2. The molecule has 1 N–H and O–H groups in total. The van der Waals surface area contributed by atoms with Crippen molar-refractivity contribution in [3.8, 4) is 0 Å². The fraction of sp³-hybridized carbons (Fsp3) is 0.464. The normalized spacial score (nSPS) is 22.0. The Morgan fingerprint density at radius 3 is 2.67 bits per heavy atom. The molecule has 0 saturated carbocycles. The molecule has 3 aliphatic rings. The zero-order chi connectivity index (χ0) is 30.3. The number of nitrogens with zero attached hydrogens (tertiary/aromatic N) is 6. The second-order valence-electron chi connectivity index (χ2n) is 11.1. The van der Waals surface area contributed by atoms with E-state index in [1.165, 1.54) is 41.8 Å². The van der Waals surface area contributed by atoms with Crippen molar-refractivity contribution in [2.45, 2.75) is 44.8 Å². The number of thiazole rings is 1. The summed E-state index contributed by atoms with van der Waals surface area (Å²) in [6.07, 6.45) is 5.20. The molecule has 0 spiro atoms. The molecule has 2 aromatic heterocycles. The Kier molecular flexibility index (Phi) is 8.66. The molecule has 0 amide bonds. The number of benzene rings is 1. The van der Waals surface area contributed by atoms with Gasteiger partial charge in [0.15, 0.2) is 10.8 Å². The fourth-order valence-corrected chi connectivity index (χ4v) is 8.07. The van der Waals surface area contributed by atoms with Crippen molar-refractivity contribution in [2.75, 3.05) is 31.9 Å². The number of fused-ring (bicyclic) bond motifs is 1. The summed E-state index contributed by atoms with van der Waals surface area (Å²) >= 11 is 7.87. The summed E-state index contributed by atoms with van der Waals surface area (Å²) in [7, 11) is -3.63. The SMILES string of the molecule is CC1CCN(CCS(=O)(=O)N[C@H]2CC3=C(c4ccn(C(F)F)n4)[C@H](c4ccc(F)cc4Cl)N=C(c4nccs4)N3C2)CC1. The molecule has 5 heterocycles. The highest BCUT2D eigenvalue weighted by Gasteiger charge is 2.42. The Morgan fingerprint density at radius 1 is 1.21 bits per heavy atom. The van der Waals surface area contributed by atoms with Crippen molar-refractivity contribution >= 4 is 44.4 Å². The summed E-state index contributed by atoms with van der Waals surface area (Å²) in [6, 6.07) is 4.09. The van der Waals surface area contributed by atoms with E-state index in [0.717, 1.165) is 25.9 Å². The second-order valence-corrected chi connectivity index (χ2v) is 14.3. The maximum absolute atomic E-state index is 14.0.